The summed E-state index contributed by atoms with van der Waals surface area (Å²) in [6, 6.07) is 1.70. The second-order valence-electron chi connectivity index (χ2n) is 6.28. The summed E-state index contributed by atoms with van der Waals surface area (Å²) in [6.45, 7) is 7.75. The first-order valence-corrected chi connectivity index (χ1v) is 7.47. The average Bonchev–Trinajstić information content (AvgIpc) is 3.10. The van der Waals surface area contributed by atoms with E-state index < -0.39 is 0 Å². The van der Waals surface area contributed by atoms with Crippen LogP contribution in [-0.2, 0) is 0 Å². The van der Waals surface area contributed by atoms with E-state index in [1.54, 1.807) is 0 Å². The van der Waals surface area contributed by atoms with Gasteiger partial charge in [-0.3, -0.25) is 4.90 Å². The van der Waals surface area contributed by atoms with E-state index in [-0.39, 0.29) is 0 Å². The molecule has 3 aliphatic rings. The van der Waals surface area contributed by atoms with Crippen molar-refractivity contribution in [1.82, 2.24) is 10.2 Å². The topological polar surface area (TPSA) is 15.3 Å². The summed E-state index contributed by atoms with van der Waals surface area (Å²) in [4.78, 5) is 2.71. The van der Waals surface area contributed by atoms with Crippen LogP contribution in [0, 0.1) is 5.92 Å². The van der Waals surface area contributed by atoms with Gasteiger partial charge in [-0.05, 0) is 50.1 Å². The Hall–Kier alpha value is -0.340. The van der Waals surface area contributed by atoms with Crippen LogP contribution in [0.2, 0.25) is 0 Å². The quantitative estimate of drug-likeness (QED) is 0.736. The fourth-order valence-corrected chi connectivity index (χ4v) is 3.62. The molecule has 0 aromatic carbocycles. The van der Waals surface area contributed by atoms with Gasteiger partial charge in [0.2, 0.25) is 0 Å². The predicted molar refractivity (Wildman–Crippen MR) is 72.1 cm³/mol. The minimum atomic E-state index is 0.813. The fraction of sp³-hybridized carbons (Fsp3) is 0.867. The van der Waals surface area contributed by atoms with Gasteiger partial charge in [0.1, 0.15) is 0 Å². The highest BCUT2D eigenvalue weighted by molar-refractivity contribution is 5.04. The third kappa shape index (κ3) is 2.92. The molecular formula is C15H26N2. The SMILES string of the molecule is C=C(CNC1CC1)CN1CCC2CCCCC21. The lowest BCUT2D eigenvalue weighted by atomic mass is 9.85. The maximum absolute atomic E-state index is 4.25. The maximum Gasteiger partial charge on any atom is 0.0205 e. The van der Waals surface area contributed by atoms with Crippen LogP contribution in [0.25, 0.3) is 0 Å². The highest BCUT2D eigenvalue weighted by atomic mass is 15.2. The second kappa shape index (κ2) is 5.11. The highest BCUT2D eigenvalue weighted by Crippen LogP contribution is 2.36. The Morgan fingerprint density at radius 3 is 2.76 bits per heavy atom. The molecule has 1 aliphatic heterocycles. The van der Waals surface area contributed by atoms with Gasteiger partial charge in [-0.25, -0.2) is 0 Å². The Balaban J connectivity index is 1.45. The monoisotopic (exact) mass is 234 g/mol. The maximum atomic E-state index is 4.25. The Labute approximate surface area is 105 Å². The normalized spacial score (nSPS) is 33.6. The first kappa shape index (κ1) is 11.7. The Morgan fingerprint density at radius 2 is 1.94 bits per heavy atom. The smallest absolute Gasteiger partial charge is 0.0205 e. The van der Waals surface area contributed by atoms with E-state index in [1.807, 2.05) is 0 Å². The minimum absolute atomic E-state index is 0.813. The van der Waals surface area contributed by atoms with Crippen LogP contribution in [0.15, 0.2) is 12.2 Å². The molecule has 2 unspecified atom stereocenters. The Kier molecular flexibility index (Phi) is 3.53. The highest BCUT2D eigenvalue weighted by Gasteiger charge is 2.35. The summed E-state index contributed by atoms with van der Waals surface area (Å²) in [7, 11) is 0. The lowest BCUT2D eigenvalue weighted by Gasteiger charge is -2.32. The number of hydrogen-bond donors (Lipinski definition) is 1. The van der Waals surface area contributed by atoms with Crippen LogP contribution < -0.4 is 5.32 Å². The lowest BCUT2D eigenvalue weighted by Crippen LogP contribution is -2.37. The minimum Gasteiger partial charge on any atom is -0.310 e. The van der Waals surface area contributed by atoms with Crippen molar-refractivity contribution < 1.29 is 0 Å². The van der Waals surface area contributed by atoms with Crippen molar-refractivity contribution in [3.63, 3.8) is 0 Å². The van der Waals surface area contributed by atoms with Crippen molar-refractivity contribution in [1.29, 1.82) is 0 Å². The first-order valence-electron chi connectivity index (χ1n) is 7.47. The molecule has 1 saturated heterocycles. The van der Waals surface area contributed by atoms with E-state index in [4.69, 9.17) is 0 Å². The Bertz CT molecular complexity index is 283. The van der Waals surface area contributed by atoms with Gasteiger partial charge in [-0.2, -0.15) is 0 Å². The summed E-state index contributed by atoms with van der Waals surface area (Å²) in [5, 5.41) is 3.58. The molecule has 1 N–H and O–H groups in total. The molecule has 17 heavy (non-hydrogen) atoms. The fourth-order valence-electron chi connectivity index (χ4n) is 3.62. The van der Waals surface area contributed by atoms with Gasteiger partial charge in [-0.15, -0.1) is 0 Å². The van der Waals surface area contributed by atoms with Gasteiger partial charge in [0, 0.05) is 25.2 Å². The van der Waals surface area contributed by atoms with Crippen LogP contribution in [0.3, 0.4) is 0 Å². The number of nitrogens with zero attached hydrogens (tertiary/aromatic N) is 1. The first-order chi connectivity index (χ1) is 8.33. The lowest BCUT2D eigenvalue weighted by molar-refractivity contribution is 0.194. The number of nitrogens with one attached hydrogen (secondary N) is 1. The van der Waals surface area contributed by atoms with Gasteiger partial charge in [-0.1, -0.05) is 19.4 Å². The number of rotatable bonds is 5. The molecule has 0 bridgehead atoms. The molecule has 2 atom stereocenters. The third-order valence-electron chi connectivity index (χ3n) is 4.77. The molecule has 3 rings (SSSR count). The van der Waals surface area contributed by atoms with Crippen molar-refractivity contribution >= 4 is 0 Å². The van der Waals surface area contributed by atoms with Crippen LogP contribution in [0.5, 0.6) is 0 Å². The number of fused-ring (bicyclic) bond motifs is 1. The van der Waals surface area contributed by atoms with Crippen LogP contribution in [0.4, 0.5) is 0 Å². The molecule has 0 aromatic rings. The van der Waals surface area contributed by atoms with Gasteiger partial charge < -0.3 is 5.32 Å². The molecular weight excluding hydrogens is 208 g/mol. The number of likely N-dealkylation sites (tertiary alicyclic amines) is 1. The zero-order valence-corrected chi connectivity index (χ0v) is 11.0. The zero-order valence-electron chi connectivity index (χ0n) is 11.0. The molecule has 2 saturated carbocycles. The molecule has 2 aliphatic carbocycles. The van der Waals surface area contributed by atoms with E-state index in [1.165, 1.54) is 57.1 Å². The van der Waals surface area contributed by atoms with E-state index in [2.05, 4.69) is 16.8 Å². The molecule has 1 heterocycles. The third-order valence-corrected chi connectivity index (χ3v) is 4.77. The van der Waals surface area contributed by atoms with Gasteiger partial charge in [0.25, 0.3) is 0 Å². The predicted octanol–water partition coefficient (Wildman–Crippen LogP) is 2.56. The molecule has 0 spiro atoms. The van der Waals surface area contributed by atoms with Crippen molar-refractivity contribution in [3.8, 4) is 0 Å². The second-order valence-corrected chi connectivity index (χ2v) is 6.28. The van der Waals surface area contributed by atoms with E-state index in [0.717, 1.165) is 31.1 Å². The standard InChI is InChI=1S/C15H26N2/c1-12(10-16-14-6-7-14)11-17-9-8-13-4-2-3-5-15(13)17/h13-16H,1-11H2. The van der Waals surface area contributed by atoms with E-state index in [9.17, 15) is 0 Å². The molecule has 0 radical (unpaired) electrons. The zero-order chi connectivity index (χ0) is 11.7. The van der Waals surface area contributed by atoms with Crippen molar-refractivity contribution in [2.24, 2.45) is 5.92 Å². The average molecular weight is 234 g/mol. The summed E-state index contributed by atoms with van der Waals surface area (Å²) >= 11 is 0. The van der Waals surface area contributed by atoms with Crippen molar-refractivity contribution in [2.45, 2.75) is 57.0 Å². The van der Waals surface area contributed by atoms with Crippen LogP contribution >= 0.6 is 0 Å². The summed E-state index contributed by atoms with van der Waals surface area (Å²) in [5.74, 6) is 1.01. The molecule has 96 valence electrons. The number of hydrogen-bond acceptors (Lipinski definition) is 2. The van der Waals surface area contributed by atoms with Gasteiger partial charge in [0.05, 0.1) is 0 Å². The van der Waals surface area contributed by atoms with E-state index in [0.29, 0.717) is 0 Å². The largest absolute Gasteiger partial charge is 0.310 e. The summed E-state index contributed by atoms with van der Waals surface area (Å²) in [5.41, 5.74) is 1.39. The molecule has 2 heteroatoms. The van der Waals surface area contributed by atoms with Crippen LogP contribution in [-0.4, -0.2) is 36.6 Å². The molecule has 0 aromatic heterocycles. The molecule has 2 nitrogen and oxygen atoms in total. The van der Waals surface area contributed by atoms with Gasteiger partial charge >= 0.3 is 0 Å². The Morgan fingerprint density at radius 1 is 1.12 bits per heavy atom. The summed E-state index contributed by atoms with van der Waals surface area (Å²) < 4.78 is 0. The summed E-state index contributed by atoms with van der Waals surface area (Å²) in [6.07, 6.45) is 10.0. The van der Waals surface area contributed by atoms with E-state index >= 15 is 0 Å². The molecule has 3 fully saturated rings. The van der Waals surface area contributed by atoms with Crippen molar-refractivity contribution in [2.75, 3.05) is 19.6 Å². The van der Waals surface area contributed by atoms with Crippen molar-refractivity contribution in [3.05, 3.63) is 12.2 Å². The van der Waals surface area contributed by atoms with Crippen LogP contribution in [0.1, 0.15) is 44.9 Å². The van der Waals surface area contributed by atoms with Gasteiger partial charge in [0.15, 0.2) is 0 Å². The molecule has 0 amide bonds.